The highest BCUT2D eigenvalue weighted by Gasteiger charge is 2.44. The number of halogens is 1. The second-order valence-corrected chi connectivity index (χ2v) is 6.33. The van der Waals surface area contributed by atoms with Crippen molar-refractivity contribution in [2.45, 2.75) is 50.3 Å². The maximum Gasteiger partial charge on any atom is 0.126 e. The van der Waals surface area contributed by atoms with E-state index in [0.717, 1.165) is 19.4 Å². The number of hydrogen-bond donors (Lipinski definition) is 1. The molecule has 1 unspecified atom stereocenters. The number of rotatable bonds is 4. The molecular formula is C16H22FNO2. The average Bonchev–Trinajstić information content (AvgIpc) is 2.63. The molecule has 20 heavy (non-hydrogen) atoms. The predicted molar refractivity (Wildman–Crippen MR) is 75.3 cm³/mol. The van der Waals surface area contributed by atoms with Crippen LogP contribution in [0.1, 0.15) is 32.6 Å². The van der Waals surface area contributed by atoms with Crippen molar-refractivity contribution in [2.24, 2.45) is 0 Å². The summed E-state index contributed by atoms with van der Waals surface area (Å²) >= 11 is 0. The van der Waals surface area contributed by atoms with E-state index in [1.807, 2.05) is 6.92 Å². The zero-order valence-corrected chi connectivity index (χ0v) is 11.9. The SMILES string of the molecule is CC1(O)C[C@H]2CC[C@@H](C1)N2CCOc1cccc(F)c1. The molecule has 1 N–H and O–H groups in total. The van der Waals surface area contributed by atoms with Crippen LogP contribution < -0.4 is 4.74 Å². The smallest absolute Gasteiger partial charge is 0.126 e. The van der Waals surface area contributed by atoms with Crippen LogP contribution in [-0.2, 0) is 0 Å². The average molecular weight is 279 g/mol. The van der Waals surface area contributed by atoms with E-state index >= 15 is 0 Å². The number of ether oxygens (including phenoxy) is 1. The van der Waals surface area contributed by atoms with Gasteiger partial charge in [-0.2, -0.15) is 0 Å². The Kier molecular flexibility index (Phi) is 3.69. The first-order valence-corrected chi connectivity index (χ1v) is 7.40. The fourth-order valence-corrected chi connectivity index (χ4v) is 3.74. The van der Waals surface area contributed by atoms with Crippen molar-refractivity contribution in [2.75, 3.05) is 13.2 Å². The van der Waals surface area contributed by atoms with Crippen LogP contribution in [-0.4, -0.2) is 40.8 Å². The zero-order chi connectivity index (χ0) is 14.2. The van der Waals surface area contributed by atoms with Crippen LogP contribution in [0.15, 0.2) is 24.3 Å². The fourth-order valence-electron chi connectivity index (χ4n) is 3.74. The number of fused-ring (bicyclic) bond motifs is 2. The molecule has 1 aromatic carbocycles. The van der Waals surface area contributed by atoms with E-state index in [-0.39, 0.29) is 5.82 Å². The van der Waals surface area contributed by atoms with Gasteiger partial charge in [0.05, 0.1) is 5.60 Å². The lowest BCUT2D eigenvalue weighted by molar-refractivity contribution is -0.0410. The lowest BCUT2D eigenvalue weighted by Gasteiger charge is -2.42. The van der Waals surface area contributed by atoms with Crippen molar-refractivity contribution in [1.29, 1.82) is 0 Å². The third kappa shape index (κ3) is 2.96. The summed E-state index contributed by atoms with van der Waals surface area (Å²) in [5.74, 6) is 0.318. The maximum atomic E-state index is 13.1. The summed E-state index contributed by atoms with van der Waals surface area (Å²) in [5.41, 5.74) is -0.508. The summed E-state index contributed by atoms with van der Waals surface area (Å²) in [4.78, 5) is 2.46. The molecule has 2 saturated heterocycles. The van der Waals surface area contributed by atoms with E-state index < -0.39 is 5.60 Å². The molecule has 4 heteroatoms. The predicted octanol–water partition coefficient (Wildman–Crippen LogP) is 2.58. The molecular weight excluding hydrogens is 257 g/mol. The van der Waals surface area contributed by atoms with Crippen molar-refractivity contribution in [3.05, 3.63) is 30.1 Å². The van der Waals surface area contributed by atoms with E-state index in [9.17, 15) is 9.50 Å². The molecule has 3 nitrogen and oxygen atoms in total. The molecule has 1 aromatic rings. The molecule has 110 valence electrons. The Morgan fingerprint density at radius 2 is 2.05 bits per heavy atom. The quantitative estimate of drug-likeness (QED) is 0.919. The molecule has 0 aromatic heterocycles. The van der Waals surface area contributed by atoms with Gasteiger partial charge in [0.1, 0.15) is 18.2 Å². The number of hydrogen-bond acceptors (Lipinski definition) is 3. The van der Waals surface area contributed by atoms with Crippen LogP contribution in [0.4, 0.5) is 4.39 Å². The standard InChI is InChI=1S/C16H22FNO2/c1-16(19)10-13-5-6-14(11-16)18(13)7-8-20-15-4-2-3-12(17)9-15/h2-4,9,13-14,19H,5-8,10-11H2,1H3/t13-,14+,16?. The molecule has 0 radical (unpaired) electrons. The second-order valence-electron chi connectivity index (χ2n) is 6.33. The zero-order valence-electron chi connectivity index (χ0n) is 11.9. The number of aliphatic hydroxyl groups is 1. The first-order valence-electron chi connectivity index (χ1n) is 7.40. The Morgan fingerprint density at radius 3 is 2.70 bits per heavy atom. The van der Waals surface area contributed by atoms with Crippen molar-refractivity contribution < 1.29 is 14.2 Å². The normalized spacial score (nSPS) is 33.4. The van der Waals surface area contributed by atoms with Crippen LogP contribution in [0, 0.1) is 5.82 Å². The Morgan fingerprint density at radius 1 is 1.35 bits per heavy atom. The minimum Gasteiger partial charge on any atom is -0.492 e. The Hall–Kier alpha value is -1.13. The molecule has 2 bridgehead atoms. The first-order chi connectivity index (χ1) is 9.53. The van der Waals surface area contributed by atoms with Crippen LogP contribution >= 0.6 is 0 Å². The molecule has 3 rings (SSSR count). The van der Waals surface area contributed by atoms with Gasteiger partial charge in [0.15, 0.2) is 0 Å². The van der Waals surface area contributed by atoms with Gasteiger partial charge in [-0.3, -0.25) is 4.90 Å². The van der Waals surface area contributed by atoms with Crippen molar-refractivity contribution in [3.8, 4) is 5.75 Å². The fraction of sp³-hybridized carbons (Fsp3) is 0.625. The summed E-state index contributed by atoms with van der Waals surface area (Å²) < 4.78 is 18.7. The summed E-state index contributed by atoms with van der Waals surface area (Å²) in [6.07, 6.45) is 4.04. The third-order valence-corrected chi connectivity index (χ3v) is 4.54. The van der Waals surface area contributed by atoms with Gasteiger partial charge in [0, 0.05) is 24.7 Å². The summed E-state index contributed by atoms with van der Waals surface area (Å²) in [7, 11) is 0. The summed E-state index contributed by atoms with van der Waals surface area (Å²) in [6, 6.07) is 7.21. The van der Waals surface area contributed by atoms with Crippen LogP contribution in [0.25, 0.3) is 0 Å². The van der Waals surface area contributed by atoms with Crippen molar-refractivity contribution in [3.63, 3.8) is 0 Å². The molecule has 0 amide bonds. The van der Waals surface area contributed by atoms with Gasteiger partial charge in [-0.15, -0.1) is 0 Å². The lowest BCUT2D eigenvalue weighted by Crippen LogP contribution is -2.50. The van der Waals surface area contributed by atoms with Gasteiger partial charge in [-0.25, -0.2) is 4.39 Å². The topological polar surface area (TPSA) is 32.7 Å². The van der Waals surface area contributed by atoms with Crippen LogP contribution in [0.5, 0.6) is 5.75 Å². The minimum atomic E-state index is -0.508. The molecule has 2 aliphatic rings. The Labute approximate surface area is 119 Å². The van der Waals surface area contributed by atoms with E-state index in [2.05, 4.69) is 4.90 Å². The van der Waals surface area contributed by atoms with E-state index in [4.69, 9.17) is 4.74 Å². The van der Waals surface area contributed by atoms with Crippen molar-refractivity contribution >= 4 is 0 Å². The summed E-state index contributed by atoms with van der Waals surface area (Å²) in [5, 5.41) is 10.2. The van der Waals surface area contributed by atoms with Gasteiger partial charge < -0.3 is 9.84 Å². The van der Waals surface area contributed by atoms with Crippen LogP contribution in [0.2, 0.25) is 0 Å². The molecule has 0 saturated carbocycles. The highest BCUT2D eigenvalue weighted by atomic mass is 19.1. The third-order valence-electron chi connectivity index (χ3n) is 4.54. The Bertz CT molecular complexity index is 461. The van der Waals surface area contributed by atoms with Crippen molar-refractivity contribution in [1.82, 2.24) is 4.90 Å². The second kappa shape index (κ2) is 5.34. The highest BCUT2D eigenvalue weighted by molar-refractivity contribution is 5.22. The van der Waals surface area contributed by atoms with Gasteiger partial charge >= 0.3 is 0 Å². The number of piperidine rings is 1. The number of nitrogens with zero attached hydrogens (tertiary/aromatic N) is 1. The minimum absolute atomic E-state index is 0.267. The van der Waals surface area contributed by atoms with Crippen LogP contribution in [0.3, 0.4) is 0 Å². The monoisotopic (exact) mass is 279 g/mol. The van der Waals surface area contributed by atoms with E-state index in [1.165, 1.54) is 25.0 Å². The molecule has 0 aliphatic carbocycles. The largest absolute Gasteiger partial charge is 0.492 e. The molecule has 2 aliphatic heterocycles. The van der Waals surface area contributed by atoms with E-state index in [1.54, 1.807) is 12.1 Å². The van der Waals surface area contributed by atoms with Gasteiger partial charge in [0.25, 0.3) is 0 Å². The molecule has 2 fully saturated rings. The van der Waals surface area contributed by atoms with Gasteiger partial charge in [0.2, 0.25) is 0 Å². The molecule has 3 atom stereocenters. The maximum absolute atomic E-state index is 13.1. The van der Waals surface area contributed by atoms with Gasteiger partial charge in [-0.1, -0.05) is 6.07 Å². The molecule has 2 heterocycles. The Balaban J connectivity index is 1.52. The van der Waals surface area contributed by atoms with Gasteiger partial charge in [-0.05, 0) is 44.7 Å². The first kappa shape index (κ1) is 13.8. The molecule has 0 spiro atoms. The van der Waals surface area contributed by atoms with E-state index in [0.29, 0.717) is 24.4 Å². The lowest BCUT2D eigenvalue weighted by atomic mass is 9.88. The number of benzene rings is 1. The highest BCUT2D eigenvalue weighted by Crippen LogP contribution is 2.40. The summed E-state index contributed by atoms with van der Waals surface area (Å²) in [6.45, 7) is 3.36.